The Morgan fingerprint density at radius 1 is 1.12 bits per heavy atom. The van der Waals surface area contributed by atoms with Gasteiger partial charge in [-0.05, 0) is 48.0 Å². The van der Waals surface area contributed by atoms with Gasteiger partial charge < -0.3 is 10.4 Å². The molecule has 0 saturated heterocycles. The summed E-state index contributed by atoms with van der Waals surface area (Å²) in [5.41, 5.74) is 2.71. The summed E-state index contributed by atoms with van der Waals surface area (Å²) < 4.78 is 14.8. The topological polar surface area (TPSA) is 90.9 Å². The van der Waals surface area contributed by atoms with E-state index in [1.165, 1.54) is 18.2 Å². The fraction of sp³-hybridized carbons (Fsp3) is 0.125. The maximum Gasteiger partial charge on any atom is 0.252 e. The van der Waals surface area contributed by atoms with Crippen LogP contribution in [-0.2, 0) is 6.42 Å². The number of nitrogens with one attached hydrogen (secondary N) is 2. The van der Waals surface area contributed by atoms with Gasteiger partial charge in [0.25, 0.3) is 5.91 Å². The van der Waals surface area contributed by atoms with Crippen molar-refractivity contribution in [1.82, 2.24) is 20.5 Å². The molecule has 0 saturated carbocycles. The first-order valence-electron chi connectivity index (χ1n) is 9.97. The highest BCUT2D eigenvalue weighted by atomic mass is 35.5. The molecule has 0 fully saturated rings. The number of benzene rings is 2. The summed E-state index contributed by atoms with van der Waals surface area (Å²) in [6.07, 6.45) is 1.99. The lowest BCUT2D eigenvalue weighted by atomic mass is 10.0. The van der Waals surface area contributed by atoms with Gasteiger partial charge in [0.2, 0.25) is 0 Å². The molecule has 162 valence electrons. The lowest BCUT2D eigenvalue weighted by Crippen LogP contribution is -2.39. The van der Waals surface area contributed by atoms with Crippen LogP contribution in [0.2, 0.25) is 5.02 Å². The predicted molar refractivity (Wildman–Crippen MR) is 121 cm³/mol. The molecule has 3 N–H and O–H groups in total. The number of hydrogen-bond donors (Lipinski definition) is 3. The molecule has 1 amide bonds. The largest absolute Gasteiger partial charge is 0.394 e. The number of carbonyl (C=O) groups is 1. The van der Waals surface area contributed by atoms with Crippen LogP contribution in [0, 0.1) is 5.82 Å². The van der Waals surface area contributed by atoms with E-state index in [0.717, 1.165) is 11.3 Å². The van der Waals surface area contributed by atoms with Crippen molar-refractivity contribution < 1.29 is 14.3 Å². The number of carbonyl (C=O) groups excluding carboxylic acids is 1. The van der Waals surface area contributed by atoms with E-state index in [2.05, 4.69) is 20.5 Å². The first kappa shape index (κ1) is 21.7. The van der Waals surface area contributed by atoms with Crippen molar-refractivity contribution in [3.05, 3.63) is 95.0 Å². The number of rotatable bonds is 7. The molecule has 2 aromatic heterocycles. The summed E-state index contributed by atoms with van der Waals surface area (Å²) in [4.78, 5) is 17.2. The molecule has 8 heteroatoms. The zero-order chi connectivity index (χ0) is 22.5. The molecule has 32 heavy (non-hydrogen) atoms. The minimum absolute atomic E-state index is 0.0796. The number of nitrogens with zero attached hydrogens (tertiary/aromatic N) is 2. The van der Waals surface area contributed by atoms with Crippen molar-refractivity contribution in [2.24, 2.45) is 0 Å². The van der Waals surface area contributed by atoms with Gasteiger partial charge in [-0.3, -0.25) is 14.9 Å². The molecule has 0 bridgehead atoms. The third-order valence-electron chi connectivity index (χ3n) is 4.98. The van der Waals surface area contributed by atoms with Gasteiger partial charge in [-0.25, -0.2) is 4.39 Å². The number of halogens is 2. The summed E-state index contributed by atoms with van der Waals surface area (Å²) >= 11 is 5.94. The second-order valence-electron chi connectivity index (χ2n) is 7.21. The molecule has 0 aliphatic carbocycles. The zero-order valence-electron chi connectivity index (χ0n) is 16.9. The van der Waals surface area contributed by atoms with E-state index >= 15 is 0 Å². The van der Waals surface area contributed by atoms with Crippen molar-refractivity contribution in [1.29, 1.82) is 0 Å². The molecule has 0 aliphatic heterocycles. The maximum atomic E-state index is 14.8. The number of amides is 1. The van der Waals surface area contributed by atoms with Gasteiger partial charge in [0, 0.05) is 23.3 Å². The van der Waals surface area contributed by atoms with Gasteiger partial charge in [0.1, 0.15) is 5.82 Å². The van der Waals surface area contributed by atoms with E-state index in [4.69, 9.17) is 11.6 Å². The van der Waals surface area contributed by atoms with E-state index in [1.807, 2.05) is 24.3 Å². The van der Waals surface area contributed by atoms with E-state index in [-0.39, 0.29) is 17.7 Å². The van der Waals surface area contributed by atoms with Crippen molar-refractivity contribution in [3.8, 4) is 22.5 Å². The minimum atomic E-state index is -0.572. The van der Waals surface area contributed by atoms with Crippen LogP contribution in [0.15, 0.2) is 72.9 Å². The standard InChI is InChI=1S/C24H20ClFN4O2/c25-16-9-7-15(8-10-16)21-13-22(30-29-21)23-19(5-3-6-20(23)26)24(32)28-18(14-31)12-17-4-1-2-11-27-17/h1-11,13,18,31H,12,14H2,(H,28,32)(H,29,30)/t18-/m1/s1. The molecule has 6 nitrogen and oxygen atoms in total. The lowest BCUT2D eigenvalue weighted by Gasteiger charge is -2.17. The van der Waals surface area contributed by atoms with Crippen LogP contribution in [0.3, 0.4) is 0 Å². The van der Waals surface area contributed by atoms with Crippen molar-refractivity contribution in [2.45, 2.75) is 12.5 Å². The summed E-state index contributed by atoms with van der Waals surface area (Å²) in [5, 5.41) is 20.2. The summed E-state index contributed by atoms with van der Waals surface area (Å²) in [6, 6.07) is 17.9. The van der Waals surface area contributed by atoms with Gasteiger partial charge in [-0.15, -0.1) is 0 Å². The summed E-state index contributed by atoms with van der Waals surface area (Å²) in [6.45, 7) is -0.282. The Kier molecular flexibility index (Phi) is 6.58. The number of aromatic nitrogens is 3. The highest BCUT2D eigenvalue weighted by molar-refractivity contribution is 6.30. The second-order valence-corrected chi connectivity index (χ2v) is 7.65. The SMILES string of the molecule is O=C(N[C@@H](CO)Cc1ccccn1)c1cccc(F)c1-c1cc(-c2ccc(Cl)cc2)[nH]n1. The number of hydrogen-bond acceptors (Lipinski definition) is 4. The molecular formula is C24H20ClFN4O2. The first-order chi connectivity index (χ1) is 15.5. The van der Waals surface area contributed by atoms with E-state index in [9.17, 15) is 14.3 Å². The summed E-state index contributed by atoms with van der Waals surface area (Å²) in [5.74, 6) is -1.08. The summed E-state index contributed by atoms with van der Waals surface area (Å²) in [7, 11) is 0. The predicted octanol–water partition coefficient (Wildman–Crippen LogP) is 4.26. The molecule has 2 aromatic carbocycles. The normalized spacial score (nSPS) is 11.8. The number of pyridine rings is 1. The first-order valence-corrected chi connectivity index (χ1v) is 10.3. The molecule has 4 aromatic rings. The quantitative estimate of drug-likeness (QED) is 0.392. The molecule has 0 radical (unpaired) electrons. The zero-order valence-corrected chi connectivity index (χ0v) is 17.7. The van der Waals surface area contributed by atoms with Gasteiger partial charge >= 0.3 is 0 Å². The van der Waals surface area contributed by atoms with Crippen molar-refractivity contribution >= 4 is 17.5 Å². The molecule has 0 spiro atoms. The van der Waals surface area contributed by atoms with Crippen molar-refractivity contribution in [2.75, 3.05) is 6.61 Å². The van der Waals surface area contributed by atoms with Gasteiger partial charge in [0.05, 0.1) is 35.2 Å². The van der Waals surface area contributed by atoms with Crippen LogP contribution in [0.5, 0.6) is 0 Å². The molecule has 4 rings (SSSR count). The van der Waals surface area contributed by atoms with Crippen LogP contribution in [-0.4, -0.2) is 38.8 Å². The highest BCUT2D eigenvalue weighted by Gasteiger charge is 2.22. The molecular weight excluding hydrogens is 431 g/mol. The number of aliphatic hydroxyl groups excluding tert-OH is 1. The third-order valence-corrected chi connectivity index (χ3v) is 5.24. The fourth-order valence-electron chi connectivity index (χ4n) is 3.40. The van der Waals surface area contributed by atoms with Gasteiger partial charge in [0.15, 0.2) is 0 Å². The Bertz CT molecular complexity index is 1210. The average molecular weight is 451 g/mol. The smallest absolute Gasteiger partial charge is 0.252 e. The number of H-pyrrole nitrogens is 1. The van der Waals surface area contributed by atoms with Crippen LogP contribution in [0.1, 0.15) is 16.1 Å². The van der Waals surface area contributed by atoms with Gasteiger partial charge in [-0.1, -0.05) is 35.9 Å². The Labute approximate surface area is 189 Å². The van der Waals surface area contributed by atoms with Crippen LogP contribution in [0.4, 0.5) is 4.39 Å². The highest BCUT2D eigenvalue weighted by Crippen LogP contribution is 2.29. The second kappa shape index (κ2) is 9.72. The Balaban J connectivity index is 1.60. The number of aliphatic hydroxyl groups is 1. The molecule has 1 atom stereocenters. The molecule has 0 unspecified atom stereocenters. The number of aromatic amines is 1. The Hall–Kier alpha value is -3.55. The van der Waals surface area contributed by atoms with Crippen LogP contribution < -0.4 is 5.32 Å². The minimum Gasteiger partial charge on any atom is -0.394 e. The van der Waals surface area contributed by atoms with Crippen LogP contribution in [0.25, 0.3) is 22.5 Å². The Morgan fingerprint density at radius 2 is 1.94 bits per heavy atom. The molecule has 2 heterocycles. The Morgan fingerprint density at radius 3 is 2.66 bits per heavy atom. The monoisotopic (exact) mass is 450 g/mol. The molecule has 0 aliphatic rings. The van der Waals surface area contributed by atoms with E-state index in [0.29, 0.717) is 22.8 Å². The average Bonchev–Trinajstić information content (AvgIpc) is 3.29. The third kappa shape index (κ3) is 4.85. The van der Waals surface area contributed by atoms with Crippen molar-refractivity contribution in [3.63, 3.8) is 0 Å². The van der Waals surface area contributed by atoms with Crippen LogP contribution >= 0.6 is 11.6 Å². The van der Waals surface area contributed by atoms with E-state index in [1.54, 1.807) is 30.5 Å². The maximum absolute atomic E-state index is 14.8. The van der Waals surface area contributed by atoms with E-state index < -0.39 is 17.8 Å². The fourth-order valence-corrected chi connectivity index (χ4v) is 3.52. The lowest BCUT2D eigenvalue weighted by molar-refractivity contribution is 0.0916. The van der Waals surface area contributed by atoms with Gasteiger partial charge in [-0.2, -0.15) is 5.10 Å².